The number of amides is 1. The fourth-order valence-electron chi connectivity index (χ4n) is 3.09. The van der Waals surface area contributed by atoms with Crippen LogP contribution in [0.5, 0.6) is 11.5 Å². The minimum atomic E-state index is 0.0857. The average molecular weight is 355 g/mol. The van der Waals surface area contributed by atoms with E-state index in [0.717, 1.165) is 37.6 Å². The Morgan fingerprint density at radius 1 is 1.00 bits per heavy atom. The molecule has 0 aliphatic carbocycles. The monoisotopic (exact) mass is 355 g/mol. The molecular weight excluding hydrogens is 330 g/mol. The third-order valence-corrected chi connectivity index (χ3v) is 4.59. The second-order valence-corrected chi connectivity index (χ2v) is 6.12. The Kier molecular flexibility index (Phi) is 5.84. The number of hydrogen-bond donors (Lipinski definition) is 1. The molecule has 1 aliphatic rings. The van der Waals surface area contributed by atoms with Crippen molar-refractivity contribution in [3.8, 4) is 11.5 Å². The summed E-state index contributed by atoms with van der Waals surface area (Å²) in [6, 6.07) is 15.8. The predicted molar refractivity (Wildman–Crippen MR) is 103 cm³/mol. The minimum absolute atomic E-state index is 0.0857. The van der Waals surface area contributed by atoms with E-state index in [1.807, 2.05) is 41.3 Å². The number of benzene rings is 2. The lowest BCUT2D eigenvalue weighted by atomic mass is 10.2. The van der Waals surface area contributed by atoms with Crippen LogP contribution in [0.3, 0.4) is 0 Å². The number of hydrogen-bond acceptors (Lipinski definition) is 5. The molecular formula is C20H25N3O3. The van der Waals surface area contributed by atoms with Crippen molar-refractivity contribution < 1.29 is 14.3 Å². The largest absolute Gasteiger partial charge is 0.497 e. The molecule has 26 heavy (non-hydrogen) atoms. The van der Waals surface area contributed by atoms with E-state index in [9.17, 15) is 4.79 Å². The van der Waals surface area contributed by atoms with Gasteiger partial charge in [-0.25, -0.2) is 0 Å². The lowest BCUT2D eigenvalue weighted by Crippen LogP contribution is -2.50. The summed E-state index contributed by atoms with van der Waals surface area (Å²) in [7, 11) is 3.22. The number of carbonyl (C=O) groups excluding carboxylic acids is 1. The Bertz CT molecular complexity index is 728. The van der Waals surface area contributed by atoms with Crippen molar-refractivity contribution in [2.45, 2.75) is 0 Å². The number of piperazine rings is 1. The van der Waals surface area contributed by atoms with Crippen LogP contribution in [-0.4, -0.2) is 57.8 Å². The SMILES string of the molecule is COc1ccc(OC)c(NCC(=O)N2CCN(c3ccccc3)CC2)c1. The van der Waals surface area contributed by atoms with Gasteiger partial charge in [0.15, 0.2) is 0 Å². The van der Waals surface area contributed by atoms with Gasteiger partial charge in [-0.15, -0.1) is 0 Å². The molecule has 1 fully saturated rings. The van der Waals surface area contributed by atoms with Crippen LogP contribution >= 0.6 is 0 Å². The number of methoxy groups -OCH3 is 2. The Hall–Kier alpha value is -2.89. The average Bonchev–Trinajstić information content (AvgIpc) is 2.72. The number of para-hydroxylation sites is 1. The van der Waals surface area contributed by atoms with Crippen molar-refractivity contribution in [1.82, 2.24) is 4.90 Å². The van der Waals surface area contributed by atoms with Gasteiger partial charge in [-0.1, -0.05) is 18.2 Å². The molecule has 1 N–H and O–H groups in total. The first-order valence-corrected chi connectivity index (χ1v) is 8.75. The molecule has 0 saturated carbocycles. The third kappa shape index (κ3) is 4.20. The van der Waals surface area contributed by atoms with Crippen molar-refractivity contribution >= 4 is 17.3 Å². The molecule has 0 unspecified atom stereocenters. The number of rotatable bonds is 6. The van der Waals surface area contributed by atoms with Gasteiger partial charge in [0.1, 0.15) is 11.5 Å². The van der Waals surface area contributed by atoms with E-state index in [1.54, 1.807) is 14.2 Å². The highest BCUT2D eigenvalue weighted by atomic mass is 16.5. The van der Waals surface area contributed by atoms with Crippen LogP contribution in [-0.2, 0) is 4.79 Å². The van der Waals surface area contributed by atoms with E-state index < -0.39 is 0 Å². The molecule has 2 aromatic carbocycles. The number of carbonyl (C=O) groups is 1. The molecule has 1 aliphatic heterocycles. The van der Waals surface area contributed by atoms with Gasteiger partial charge in [-0.2, -0.15) is 0 Å². The van der Waals surface area contributed by atoms with Crippen molar-refractivity contribution in [1.29, 1.82) is 0 Å². The predicted octanol–water partition coefficient (Wildman–Crippen LogP) is 2.46. The quantitative estimate of drug-likeness (QED) is 0.863. The van der Waals surface area contributed by atoms with Crippen LogP contribution in [0.4, 0.5) is 11.4 Å². The van der Waals surface area contributed by atoms with Gasteiger partial charge in [0.25, 0.3) is 0 Å². The van der Waals surface area contributed by atoms with Crippen LogP contribution < -0.4 is 19.7 Å². The van der Waals surface area contributed by atoms with Gasteiger partial charge in [-0.3, -0.25) is 4.79 Å². The number of nitrogens with zero attached hydrogens (tertiary/aromatic N) is 2. The van der Waals surface area contributed by atoms with E-state index >= 15 is 0 Å². The van der Waals surface area contributed by atoms with E-state index in [0.29, 0.717) is 5.75 Å². The number of anilines is 2. The van der Waals surface area contributed by atoms with Crippen LogP contribution in [0.25, 0.3) is 0 Å². The summed E-state index contributed by atoms with van der Waals surface area (Å²) in [5, 5.41) is 3.17. The fourth-order valence-corrected chi connectivity index (χ4v) is 3.09. The molecule has 138 valence electrons. The molecule has 1 amide bonds. The highest BCUT2D eigenvalue weighted by Crippen LogP contribution is 2.28. The first-order valence-electron chi connectivity index (χ1n) is 8.75. The smallest absolute Gasteiger partial charge is 0.241 e. The summed E-state index contributed by atoms with van der Waals surface area (Å²) in [5.41, 5.74) is 1.96. The van der Waals surface area contributed by atoms with Crippen LogP contribution in [0.15, 0.2) is 48.5 Å². The molecule has 6 nitrogen and oxygen atoms in total. The Balaban J connectivity index is 1.53. The summed E-state index contributed by atoms with van der Waals surface area (Å²) in [6.07, 6.45) is 0. The summed E-state index contributed by atoms with van der Waals surface area (Å²) in [5.74, 6) is 1.49. The van der Waals surface area contributed by atoms with Crippen molar-refractivity contribution in [3.63, 3.8) is 0 Å². The van der Waals surface area contributed by atoms with Crippen LogP contribution in [0, 0.1) is 0 Å². The van der Waals surface area contributed by atoms with Gasteiger partial charge in [-0.05, 0) is 24.3 Å². The van der Waals surface area contributed by atoms with E-state index in [1.165, 1.54) is 5.69 Å². The number of nitrogens with one attached hydrogen (secondary N) is 1. The standard InChI is InChI=1S/C20H25N3O3/c1-25-17-8-9-19(26-2)18(14-17)21-15-20(24)23-12-10-22(11-13-23)16-6-4-3-5-7-16/h3-9,14,21H,10-13,15H2,1-2H3. The van der Waals surface area contributed by atoms with Crippen molar-refractivity contribution in [3.05, 3.63) is 48.5 Å². The molecule has 0 spiro atoms. The van der Waals surface area contributed by atoms with Crippen LogP contribution in [0.1, 0.15) is 0 Å². The zero-order valence-corrected chi connectivity index (χ0v) is 15.3. The second-order valence-electron chi connectivity index (χ2n) is 6.12. The van der Waals surface area contributed by atoms with E-state index in [2.05, 4.69) is 22.3 Å². The number of ether oxygens (including phenoxy) is 2. The molecule has 2 aromatic rings. The van der Waals surface area contributed by atoms with Gasteiger partial charge in [0.2, 0.25) is 5.91 Å². The first-order chi connectivity index (χ1) is 12.7. The second kappa shape index (κ2) is 8.47. The Morgan fingerprint density at radius 3 is 2.38 bits per heavy atom. The molecule has 3 rings (SSSR count). The highest BCUT2D eigenvalue weighted by molar-refractivity contribution is 5.82. The fraction of sp³-hybridized carbons (Fsp3) is 0.350. The van der Waals surface area contributed by atoms with E-state index in [4.69, 9.17) is 9.47 Å². The molecule has 6 heteroatoms. The summed E-state index contributed by atoms with van der Waals surface area (Å²) in [6.45, 7) is 3.38. The Labute approximate surface area is 154 Å². The summed E-state index contributed by atoms with van der Waals surface area (Å²) < 4.78 is 10.6. The highest BCUT2D eigenvalue weighted by Gasteiger charge is 2.21. The molecule has 1 saturated heterocycles. The van der Waals surface area contributed by atoms with Crippen molar-refractivity contribution in [2.24, 2.45) is 0 Å². The molecule has 1 heterocycles. The van der Waals surface area contributed by atoms with Gasteiger partial charge in [0, 0.05) is 37.9 Å². The molecule has 0 bridgehead atoms. The van der Waals surface area contributed by atoms with Gasteiger partial charge >= 0.3 is 0 Å². The van der Waals surface area contributed by atoms with Crippen LogP contribution in [0.2, 0.25) is 0 Å². The van der Waals surface area contributed by atoms with Gasteiger partial charge in [0.05, 0.1) is 26.5 Å². The maximum Gasteiger partial charge on any atom is 0.241 e. The molecule has 0 atom stereocenters. The lowest BCUT2D eigenvalue weighted by molar-refractivity contribution is -0.129. The topological polar surface area (TPSA) is 54.0 Å². The maximum absolute atomic E-state index is 12.5. The lowest BCUT2D eigenvalue weighted by Gasteiger charge is -2.36. The van der Waals surface area contributed by atoms with Gasteiger partial charge < -0.3 is 24.6 Å². The third-order valence-electron chi connectivity index (χ3n) is 4.59. The normalized spacial score (nSPS) is 14.1. The summed E-state index contributed by atoms with van der Waals surface area (Å²) >= 11 is 0. The molecule has 0 aromatic heterocycles. The van der Waals surface area contributed by atoms with Crippen molar-refractivity contribution in [2.75, 3.05) is 57.2 Å². The van der Waals surface area contributed by atoms with E-state index in [-0.39, 0.29) is 12.5 Å². The molecule has 0 radical (unpaired) electrons. The zero-order valence-electron chi connectivity index (χ0n) is 15.3. The minimum Gasteiger partial charge on any atom is -0.497 e. The zero-order chi connectivity index (χ0) is 18.4. The first kappa shape index (κ1) is 17.9. The summed E-state index contributed by atoms with van der Waals surface area (Å²) in [4.78, 5) is 16.8. The Morgan fingerprint density at radius 2 is 1.73 bits per heavy atom. The maximum atomic E-state index is 12.5.